The van der Waals surface area contributed by atoms with Crippen molar-refractivity contribution in [2.24, 2.45) is 0 Å². The fourth-order valence-electron chi connectivity index (χ4n) is 2.20. The summed E-state index contributed by atoms with van der Waals surface area (Å²) >= 11 is 3.34. The first-order valence-corrected chi connectivity index (χ1v) is 8.44. The van der Waals surface area contributed by atoms with Crippen molar-refractivity contribution >= 4 is 27.5 Å². The lowest BCUT2D eigenvalue weighted by molar-refractivity contribution is -0.115. The van der Waals surface area contributed by atoms with E-state index in [2.05, 4.69) is 36.3 Å². The average Bonchev–Trinajstić information content (AvgIpc) is 3.11. The largest absolute Gasteiger partial charge is 0.492 e. The summed E-state index contributed by atoms with van der Waals surface area (Å²) in [6, 6.07) is 10.9. The molecule has 0 saturated heterocycles. The Morgan fingerprint density at radius 2 is 2.20 bits per heavy atom. The SMILES string of the molecule is O=C(Cc1cccnc1Br)Nc1cccc(OCCn2cncn2)c1. The lowest BCUT2D eigenvalue weighted by atomic mass is 10.2. The topological polar surface area (TPSA) is 81.9 Å². The van der Waals surface area contributed by atoms with Crippen LogP contribution in [0.4, 0.5) is 5.69 Å². The second kappa shape index (κ2) is 8.39. The molecule has 1 N–H and O–H groups in total. The van der Waals surface area contributed by atoms with Gasteiger partial charge in [0.1, 0.15) is 29.6 Å². The number of aromatic nitrogens is 4. The summed E-state index contributed by atoms with van der Waals surface area (Å²) in [5.74, 6) is 0.564. The van der Waals surface area contributed by atoms with E-state index in [1.54, 1.807) is 29.3 Å². The van der Waals surface area contributed by atoms with Crippen LogP contribution >= 0.6 is 15.9 Å². The molecule has 1 amide bonds. The third kappa shape index (κ3) is 5.12. The highest BCUT2D eigenvalue weighted by molar-refractivity contribution is 9.10. The molecule has 8 heteroatoms. The number of nitrogens with one attached hydrogen (secondary N) is 1. The van der Waals surface area contributed by atoms with E-state index in [-0.39, 0.29) is 12.3 Å². The van der Waals surface area contributed by atoms with Gasteiger partial charge in [-0.15, -0.1) is 0 Å². The Labute approximate surface area is 153 Å². The molecule has 0 radical (unpaired) electrons. The second-order valence-corrected chi connectivity index (χ2v) is 5.96. The molecule has 0 atom stereocenters. The van der Waals surface area contributed by atoms with E-state index in [1.165, 1.54) is 6.33 Å². The van der Waals surface area contributed by atoms with Crippen LogP contribution < -0.4 is 10.1 Å². The predicted octanol–water partition coefficient (Wildman–Crippen LogP) is 2.70. The minimum absolute atomic E-state index is 0.117. The molecule has 0 aliphatic rings. The summed E-state index contributed by atoms with van der Waals surface area (Å²) < 4.78 is 8.05. The summed E-state index contributed by atoms with van der Waals surface area (Å²) in [7, 11) is 0. The highest BCUT2D eigenvalue weighted by Gasteiger charge is 2.08. The summed E-state index contributed by atoms with van der Waals surface area (Å²) in [6.07, 6.45) is 5.03. The van der Waals surface area contributed by atoms with Crippen molar-refractivity contribution in [2.75, 3.05) is 11.9 Å². The van der Waals surface area contributed by atoms with E-state index in [0.29, 0.717) is 29.2 Å². The van der Waals surface area contributed by atoms with Crippen molar-refractivity contribution in [1.29, 1.82) is 0 Å². The number of hydrogen-bond acceptors (Lipinski definition) is 5. The van der Waals surface area contributed by atoms with Crippen molar-refractivity contribution in [3.8, 4) is 5.75 Å². The quantitative estimate of drug-likeness (QED) is 0.615. The standard InChI is InChI=1S/C17H16BrN5O2/c18-17-13(3-2-6-20-17)9-16(24)22-14-4-1-5-15(10-14)25-8-7-23-12-19-11-21-23/h1-6,10-12H,7-9H2,(H,22,24). The molecule has 0 aliphatic heterocycles. The zero-order valence-electron chi connectivity index (χ0n) is 13.3. The van der Waals surface area contributed by atoms with Gasteiger partial charge in [-0.3, -0.25) is 4.79 Å². The Morgan fingerprint density at radius 3 is 3.00 bits per heavy atom. The maximum Gasteiger partial charge on any atom is 0.228 e. The van der Waals surface area contributed by atoms with Gasteiger partial charge in [-0.2, -0.15) is 5.10 Å². The summed E-state index contributed by atoms with van der Waals surface area (Å²) in [5.41, 5.74) is 1.52. The van der Waals surface area contributed by atoms with Crippen molar-refractivity contribution in [1.82, 2.24) is 19.7 Å². The van der Waals surface area contributed by atoms with Crippen molar-refractivity contribution in [3.05, 3.63) is 65.4 Å². The van der Waals surface area contributed by atoms with Gasteiger partial charge in [-0.05, 0) is 39.7 Å². The van der Waals surface area contributed by atoms with Crippen molar-refractivity contribution in [2.45, 2.75) is 13.0 Å². The van der Waals surface area contributed by atoms with Crippen LogP contribution in [-0.4, -0.2) is 32.3 Å². The number of benzene rings is 1. The minimum atomic E-state index is -0.117. The van der Waals surface area contributed by atoms with Crippen molar-refractivity contribution in [3.63, 3.8) is 0 Å². The number of rotatable bonds is 7. The molecule has 3 rings (SSSR count). The monoisotopic (exact) mass is 401 g/mol. The summed E-state index contributed by atoms with van der Waals surface area (Å²) in [5, 5.41) is 6.88. The first kappa shape index (κ1) is 17.1. The lowest BCUT2D eigenvalue weighted by Gasteiger charge is -2.09. The number of amides is 1. The number of carbonyl (C=O) groups is 1. The van der Waals surface area contributed by atoms with Crippen molar-refractivity contribution < 1.29 is 9.53 Å². The molecule has 1 aromatic carbocycles. The molecule has 2 aromatic heterocycles. The van der Waals surface area contributed by atoms with E-state index in [0.717, 1.165) is 5.56 Å². The highest BCUT2D eigenvalue weighted by atomic mass is 79.9. The molecule has 0 spiro atoms. The molecule has 128 valence electrons. The van der Waals surface area contributed by atoms with Crippen LogP contribution in [-0.2, 0) is 17.8 Å². The molecular formula is C17H16BrN5O2. The first-order chi connectivity index (χ1) is 12.2. The third-order valence-electron chi connectivity index (χ3n) is 3.36. The molecule has 0 fully saturated rings. The highest BCUT2D eigenvalue weighted by Crippen LogP contribution is 2.18. The van der Waals surface area contributed by atoms with Gasteiger partial charge < -0.3 is 10.1 Å². The number of halogens is 1. The van der Waals surface area contributed by atoms with Gasteiger partial charge in [0, 0.05) is 18.0 Å². The number of carbonyl (C=O) groups excluding carboxylic acids is 1. The Bertz CT molecular complexity index is 839. The third-order valence-corrected chi connectivity index (χ3v) is 4.07. The maximum atomic E-state index is 12.2. The Kier molecular flexibility index (Phi) is 5.73. The van der Waals surface area contributed by atoms with Crippen LogP contribution in [0.1, 0.15) is 5.56 Å². The molecule has 25 heavy (non-hydrogen) atoms. The van der Waals surface area contributed by atoms with E-state index in [4.69, 9.17) is 4.74 Å². The zero-order valence-corrected chi connectivity index (χ0v) is 14.9. The molecule has 2 heterocycles. The Balaban J connectivity index is 1.54. The molecule has 7 nitrogen and oxygen atoms in total. The van der Waals surface area contributed by atoms with E-state index >= 15 is 0 Å². The minimum Gasteiger partial charge on any atom is -0.492 e. The maximum absolute atomic E-state index is 12.2. The molecular weight excluding hydrogens is 386 g/mol. The number of nitrogens with zero attached hydrogens (tertiary/aromatic N) is 4. The fraction of sp³-hybridized carbons (Fsp3) is 0.176. The Morgan fingerprint density at radius 1 is 1.28 bits per heavy atom. The van der Waals surface area contributed by atoms with E-state index in [9.17, 15) is 4.79 Å². The average molecular weight is 402 g/mol. The van der Waals surface area contributed by atoms with Crippen LogP contribution in [0.3, 0.4) is 0 Å². The van der Waals surface area contributed by atoms with Crippen LogP contribution in [0.2, 0.25) is 0 Å². The van der Waals surface area contributed by atoms with Gasteiger partial charge in [0.15, 0.2) is 0 Å². The first-order valence-electron chi connectivity index (χ1n) is 7.65. The van der Waals surface area contributed by atoms with Gasteiger partial charge in [0.25, 0.3) is 0 Å². The van der Waals surface area contributed by atoms with Gasteiger partial charge in [-0.25, -0.2) is 14.6 Å². The van der Waals surface area contributed by atoms with Gasteiger partial charge >= 0.3 is 0 Å². The summed E-state index contributed by atoms with van der Waals surface area (Å²) in [4.78, 5) is 20.2. The lowest BCUT2D eigenvalue weighted by Crippen LogP contribution is -2.15. The van der Waals surface area contributed by atoms with Crippen LogP contribution in [0.5, 0.6) is 5.75 Å². The zero-order chi connectivity index (χ0) is 17.5. The van der Waals surface area contributed by atoms with Gasteiger partial charge in [-0.1, -0.05) is 12.1 Å². The number of pyridine rings is 1. The van der Waals surface area contributed by atoms with Gasteiger partial charge in [0.2, 0.25) is 5.91 Å². The van der Waals surface area contributed by atoms with Gasteiger partial charge in [0.05, 0.1) is 13.0 Å². The smallest absolute Gasteiger partial charge is 0.228 e. The molecule has 0 saturated carbocycles. The predicted molar refractivity (Wildman–Crippen MR) is 96.2 cm³/mol. The molecule has 3 aromatic rings. The second-order valence-electron chi connectivity index (χ2n) is 5.21. The Hall–Kier alpha value is -2.74. The molecule has 0 aliphatic carbocycles. The van der Waals surface area contributed by atoms with Crippen LogP contribution in [0.25, 0.3) is 0 Å². The summed E-state index contributed by atoms with van der Waals surface area (Å²) in [6.45, 7) is 1.06. The number of ether oxygens (including phenoxy) is 1. The number of anilines is 1. The van der Waals surface area contributed by atoms with E-state index < -0.39 is 0 Å². The van der Waals surface area contributed by atoms with Crippen LogP contribution in [0, 0.1) is 0 Å². The number of hydrogen-bond donors (Lipinski definition) is 1. The fourth-order valence-corrected chi connectivity index (χ4v) is 2.59. The molecule has 0 bridgehead atoms. The normalized spacial score (nSPS) is 10.4. The van der Waals surface area contributed by atoms with Crippen LogP contribution in [0.15, 0.2) is 59.9 Å². The van der Waals surface area contributed by atoms with E-state index in [1.807, 2.05) is 24.3 Å². The molecule has 0 unspecified atom stereocenters.